The molecule has 0 aliphatic carbocycles. The maximum absolute atomic E-state index is 12.1. The van der Waals surface area contributed by atoms with E-state index in [1.54, 1.807) is 0 Å². The molecule has 3 rings (SSSR count). The van der Waals surface area contributed by atoms with Crippen molar-refractivity contribution in [1.29, 1.82) is 0 Å². The Morgan fingerprint density at radius 3 is 2.44 bits per heavy atom. The van der Waals surface area contributed by atoms with E-state index in [1.807, 2.05) is 80.6 Å². The zero-order valence-electron chi connectivity index (χ0n) is 14.4. The summed E-state index contributed by atoms with van der Waals surface area (Å²) in [6, 6.07) is 21.0. The minimum absolute atomic E-state index is 0.0434. The van der Waals surface area contributed by atoms with Crippen molar-refractivity contribution in [1.82, 2.24) is 0 Å². The zero-order chi connectivity index (χ0) is 17.6. The molecule has 0 saturated carbocycles. The van der Waals surface area contributed by atoms with Crippen LogP contribution in [-0.2, 0) is 4.79 Å². The molecule has 0 aromatic heterocycles. The van der Waals surface area contributed by atoms with Gasteiger partial charge in [0.25, 0.3) is 5.91 Å². The minimum Gasteiger partial charge on any atom is -0.491 e. The summed E-state index contributed by atoms with van der Waals surface area (Å²) in [5.41, 5.74) is 0.711. The molecule has 0 aliphatic heterocycles. The Kier molecular flexibility index (Phi) is 5.19. The van der Waals surface area contributed by atoms with Gasteiger partial charge < -0.3 is 14.8 Å². The highest BCUT2D eigenvalue weighted by molar-refractivity contribution is 5.93. The van der Waals surface area contributed by atoms with Gasteiger partial charge in [-0.25, -0.2) is 0 Å². The van der Waals surface area contributed by atoms with E-state index in [9.17, 15) is 4.79 Å². The highest BCUT2D eigenvalue weighted by Crippen LogP contribution is 2.25. The molecule has 0 bridgehead atoms. The Morgan fingerprint density at radius 2 is 1.68 bits per heavy atom. The van der Waals surface area contributed by atoms with Crippen molar-refractivity contribution in [3.05, 3.63) is 66.7 Å². The van der Waals surface area contributed by atoms with Gasteiger partial charge in [0, 0.05) is 11.1 Å². The van der Waals surface area contributed by atoms with E-state index >= 15 is 0 Å². The average Bonchev–Trinajstić information content (AvgIpc) is 2.61. The van der Waals surface area contributed by atoms with E-state index in [-0.39, 0.29) is 18.6 Å². The Morgan fingerprint density at radius 1 is 0.960 bits per heavy atom. The second-order valence-electron chi connectivity index (χ2n) is 6.01. The smallest absolute Gasteiger partial charge is 0.262 e. The molecule has 25 heavy (non-hydrogen) atoms. The summed E-state index contributed by atoms with van der Waals surface area (Å²) in [5, 5.41) is 4.90. The molecule has 0 saturated heterocycles. The van der Waals surface area contributed by atoms with Gasteiger partial charge in [-0.2, -0.15) is 0 Å². The number of benzene rings is 3. The molecule has 1 N–H and O–H groups in total. The fraction of sp³-hybridized carbons (Fsp3) is 0.190. The van der Waals surface area contributed by atoms with Gasteiger partial charge >= 0.3 is 0 Å². The predicted molar refractivity (Wildman–Crippen MR) is 100 cm³/mol. The number of anilines is 1. The molecule has 0 radical (unpaired) electrons. The number of fused-ring (bicyclic) bond motifs is 1. The molecule has 0 atom stereocenters. The second-order valence-corrected chi connectivity index (χ2v) is 6.01. The molecular formula is C21H21NO3. The number of amides is 1. The van der Waals surface area contributed by atoms with Crippen LogP contribution in [0.5, 0.6) is 11.5 Å². The number of carbonyl (C=O) groups is 1. The number of carbonyl (C=O) groups excluding carboxylic acids is 1. The molecule has 3 aromatic carbocycles. The number of hydrogen-bond acceptors (Lipinski definition) is 3. The maximum atomic E-state index is 12.1. The molecular weight excluding hydrogens is 314 g/mol. The van der Waals surface area contributed by atoms with Crippen LogP contribution in [0.1, 0.15) is 13.8 Å². The topological polar surface area (TPSA) is 47.6 Å². The Bertz CT molecular complexity index is 851. The van der Waals surface area contributed by atoms with E-state index in [1.165, 1.54) is 0 Å². The summed E-state index contributed by atoms with van der Waals surface area (Å²) in [7, 11) is 0. The number of ether oxygens (including phenoxy) is 2. The van der Waals surface area contributed by atoms with E-state index in [2.05, 4.69) is 5.32 Å². The van der Waals surface area contributed by atoms with Crippen molar-refractivity contribution in [3.63, 3.8) is 0 Å². The monoisotopic (exact) mass is 335 g/mol. The quantitative estimate of drug-likeness (QED) is 0.713. The molecule has 4 heteroatoms. The number of hydrogen-bond donors (Lipinski definition) is 1. The van der Waals surface area contributed by atoms with Crippen LogP contribution in [0.25, 0.3) is 10.8 Å². The van der Waals surface area contributed by atoms with Crippen LogP contribution in [0.3, 0.4) is 0 Å². The Hall–Kier alpha value is -3.01. The second kappa shape index (κ2) is 7.71. The first-order chi connectivity index (χ1) is 12.1. The van der Waals surface area contributed by atoms with Crippen LogP contribution < -0.4 is 14.8 Å². The summed E-state index contributed by atoms with van der Waals surface area (Å²) < 4.78 is 11.3. The molecule has 0 heterocycles. The molecule has 0 unspecified atom stereocenters. The van der Waals surface area contributed by atoms with Gasteiger partial charge in [0.15, 0.2) is 6.61 Å². The van der Waals surface area contributed by atoms with Crippen molar-refractivity contribution in [2.75, 3.05) is 11.9 Å². The molecule has 3 aromatic rings. The Balaban J connectivity index is 1.59. The van der Waals surface area contributed by atoms with Gasteiger partial charge in [-0.15, -0.1) is 0 Å². The lowest BCUT2D eigenvalue weighted by Crippen LogP contribution is -2.20. The highest BCUT2D eigenvalue weighted by Gasteiger charge is 2.07. The van der Waals surface area contributed by atoms with Gasteiger partial charge in [-0.05, 0) is 49.6 Å². The van der Waals surface area contributed by atoms with Crippen molar-refractivity contribution in [2.45, 2.75) is 20.0 Å². The van der Waals surface area contributed by atoms with E-state index in [4.69, 9.17) is 9.47 Å². The van der Waals surface area contributed by atoms with Crippen LogP contribution in [-0.4, -0.2) is 18.6 Å². The summed E-state index contributed by atoms with van der Waals surface area (Å²) in [4.78, 5) is 12.1. The molecule has 4 nitrogen and oxygen atoms in total. The van der Waals surface area contributed by atoms with Crippen molar-refractivity contribution >= 4 is 22.4 Å². The van der Waals surface area contributed by atoms with Gasteiger partial charge in [-0.3, -0.25) is 4.79 Å². The van der Waals surface area contributed by atoms with Gasteiger partial charge in [0.05, 0.1) is 6.10 Å². The summed E-state index contributed by atoms with van der Waals surface area (Å²) in [6.45, 7) is 3.90. The van der Waals surface area contributed by atoms with E-state index < -0.39 is 0 Å². The number of nitrogens with one attached hydrogen (secondary N) is 1. The summed E-state index contributed by atoms with van der Waals surface area (Å²) >= 11 is 0. The lowest BCUT2D eigenvalue weighted by molar-refractivity contribution is -0.118. The molecule has 0 fully saturated rings. The third-order valence-electron chi connectivity index (χ3n) is 3.62. The maximum Gasteiger partial charge on any atom is 0.262 e. The third kappa shape index (κ3) is 4.51. The normalized spacial score (nSPS) is 10.7. The first kappa shape index (κ1) is 16.8. The third-order valence-corrected chi connectivity index (χ3v) is 3.62. The zero-order valence-corrected chi connectivity index (χ0v) is 14.4. The molecule has 1 amide bonds. The fourth-order valence-electron chi connectivity index (χ4n) is 2.55. The summed E-state index contributed by atoms with van der Waals surface area (Å²) in [5.74, 6) is 1.28. The number of rotatable bonds is 6. The lowest BCUT2D eigenvalue weighted by Gasteiger charge is -2.11. The van der Waals surface area contributed by atoms with Gasteiger partial charge in [0.1, 0.15) is 11.5 Å². The largest absolute Gasteiger partial charge is 0.491 e. The SMILES string of the molecule is CC(C)Oc1ccc(NC(=O)COc2cccc3ccccc23)cc1. The van der Waals surface area contributed by atoms with Crippen LogP contribution in [0.4, 0.5) is 5.69 Å². The van der Waals surface area contributed by atoms with Gasteiger partial charge in [-0.1, -0.05) is 36.4 Å². The first-order valence-corrected chi connectivity index (χ1v) is 8.29. The average molecular weight is 335 g/mol. The van der Waals surface area contributed by atoms with Gasteiger partial charge in [0.2, 0.25) is 0 Å². The minimum atomic E-state index is -0.203. The van der Waals surface area contributed by atoms with Crippen molar-refractivity contribution < 1.29 is 14.3 Å². The summed E-state index contributed by atoms with van der Waals surface area (Å²) in [6.07, 6.45) is 0.120. The van der Waals surface area contributed by atoms with Crippen molar-refractivity contribution in [3.8, 4) is 11.5 Å². The Labute approximate surface area is 147 Å². The lowest BCUT2D eigenvalue weighted by atomic mass is 10.1. The standard InChI is InChI=1S/C21H21NO3/c1-15(2)25-18-12-10-17(11-13-18)22-21(23)14-24-20-9-5-7-16-6-3-4-8-19(16)20/h3-13,15H,14H2,1-2H3,(H,22,23). The molecule has 0 aliphatic rings. The first-order valence-electron chi connectivity index (χ1n) is 8.29. The van der Waals surface area contributed by atoms with Crippen LogP contribution >= 0.6 is 0 Å². The predicted octanol–water partition coefficient (Wildman–Crippen LogP) is 4.64. The highest BCUT2D eigenvalue weighted by atomic mass is 16.5. The molecule has 0 spiro atoms. The van der Waals surface area contributed by atoms with E-state index in [0.717, 1.165) is 16.5 Å². The molecule has 128 valence electrons. The van der Waals surface area contributed by atoms with Crippen LogP contribution in [0.15, 0.2) is 66.7 Å². The van der Waals surface area contributed by atoms with Crippen molar-refractivity contribution in [2.24, 2.45) is 0 Å². The van der Waals surface area contributed by atoms with Crippen LogP contribution in [0, 0.1) is 0 Å². The van der Waals surface area contributed by atoms with E-state index in [0.29, 0.717) is 11.4 Å². The fourth-order valence-corrected chi connectivity index (χ4v) is 2.55. The van der Waals surface area contributed by atoms with Crippen LogP contribution in [0.2, 0.25) is 0 Å².